The Labute approximate surface area is 157 Å². The molecular weight excluding hydrogens is 340 g/mol. The average molecular weight is 362 g/mol. The molecule has 0 amide bonds. The van der Waals surface area contributed by atoms with Crippen LogP contribution < -0.4 is 20.2 Å². The molecule has 0 atom stereocenters. The summed E-state index contributed by atoms with van der Waals surface area (Å²) in [6.45, 7) is 0.699. The lowest BCUT2D eigenvalue weighted by Gasteiger charge is -2.09. The number of rotatable bonds is 4. The van der Waals surface area contributed by atoms with E-state index in [1.54, 1.807) is 18.8 Å². The maximum Gasteiger partial charge on any atom is 0.263 e. The third-order valence-electron chi connectivity index (χ3n) is 4.91. The predicted octanol–water partition coefficient (Wildman–Crippen LogP) is 2.89. The first-order chi connectivity index (χ1) is 13.2. The van der Waals surface area contributed by atoms with Gasteiger partial charge in [0.2, 0.25) is 0 Å². The number of hydrogen-bond donors (Lipinski definition) is 0. The summed E-state index contributed by atoms with van der Waals surface area (Å²) in [4.78, 5) is 17.7. The molecule has 0 saturated heterocycles. The summed E-state index contributed by atoms with van der Waals surface area (Å²) in [5.41, 5.74) is 3.40. The molecule has 27 heavy (non-hydrogen) atoms. The van der Waals surface area contributed by atoms with Gasteiger partial charge in [-0.15, -0.1) is 0 Å². The summed E-state index contributed by atoms with van der Waals surface area (Å²) in [5.74, 6) is 1.30. The van der Waals surface area contributed by atoms with Gasteiger partial charge in [0.25, 0.3) is 5.91 Å². The molecule has 1 aliphatic carbocycles. The largest absolute Gasteiger partial charge is 0.493 e. The topological polar surface area (TPSA) is 52.8 Å². The minimum atomic E-state index is -0.0343. The SMILES string of the molecule is COc1ccc(-c2cn(C(=O)C3=CCCC=C3)c3c2=CCCN=3)cc1OC. The van der Waals surface area contributed by atoms with Gasteiger partial charge in [-0.25, -0.2) is 0 Å². The predicted molar refractivity (Wildman–Crippen MR) is 105 cm³/mol. The molecule has 1 aromatic carbocycles. The number of allylic oxidation sites excluding steroid dienone is 4. The number of methoxy groups -OCH3 is 2. The Morgan fingerprint density at radius 2 is 1.93 bits per heavy atom. The molecular formula is C22H22N2O3. The van der Waals surface area contributed by atoms with Gasteiger partial charge in [-0.1, -0.05) is 30.4 Å². The van der Waals surface area contributed by atoms with Gasteiger partial charge in [0.05, 0.1) is 14.2 Å². The second-order valence-electron chi connectivity index (χ2n) is 6.54. The Hall–Kier alpha value is -3.08. The Morgan fingerprint density at radius 3 is 2.67 bits per heavy atom. The number of aromatic nitrogens is 1. The summed E-state index contributed by atoms with van der Waals surface area (Å²) < 4.78 is 12.5. The van der Waals surface area contributed by atoms with Gasteiger partial charge in [0, 0.05) is 29.1 Å². The van der Waals surface area contributed by atoms with Crippen molar-refractivity contribution < 1.29 is 14.3 Å². The molecule has 4 rings (SSSR count). The summed E-state index contributed by atoms with van der Waals surface area (Å²) in [5, 5.41) is 1.00. The number of benzene rings is 1. The van der Waals surface area contributed by atoms with E-state index < -0.39 is 0 Å². The Balaban J connectivity index is 1.87. The fourth-order valence-electron chi connectivity index (χ4n) is 3.55. The molecule has 1 aromatic heterocycles. The fourth-order valence-corrected chi connectivity index (χ4v) is 3.55. The van der Waals surface area contributed by atoms with E-state index in [1.165, 1.54) is 0 Å². The number of hydrogen-bond acceptors (Lipinski definition) is 4. The van der Waals surface area contributed by atoms with Crippen LogP contribution in [0.15, 0.2) is 53.2 Å². The first-order valence-electron chi connectivity index (χ1n) is 9.12. The van der Waals surface area contributed by atoms with Crippen LogP contribution in [0.4, 0.5) is 0 Å². The van der Waals surface area contributed by atoms with E-state index in [0.29, 0.717) is 18.0 Å². The molecule has 2 aliphatic rings. The molecule has 0 saturated carbocycles. The molecule has 0 spiro atoms. The van der Waals surface area contributed by atoms with Crippen molar-refractivity contribution in [1.82, 2.24) is 4.57 Å². The highest BCUT2D eigenvalue weighted by Crippen LogP contribution is 2.31. The van der Waals surface area contributed by atoms with Gasteiger partial charge in [0.1, 0.15) is 5.49 Å². The molecule has 0 unspecified atom stereocenters. The van der Waals surface area contributed by atoms with Crippen LogP contribution in [0.2, 0.25) is 0 Å². The highest BCUT2D eigenvalue weighted by atomic mass is 16.5. The third kappa shape index (κ3) is 3.10. The van der Waals surface area contributed by atoms with Gasteiger partial charge < -0.3 is 9.47 Å². The zero-order valence-corrected chi connectivity index (χ0v) is 15.6. The van der Waals surface area contributed by atoms with Crippen LogP contribution in [-0.4, -0.2) is 31.2 Å². The van der Waals surface area contributed by atoms with Crippen LogP contribution in [-0.2, 0) is 0 Å². The van der Waals surface area contributed by atoms with Crippen LogP contribution in [0, 0.1) is 0 Å². The Bertz CT molecular complexity index is 1070. The van der Waals surface area contributed by atoms with Crippen LogP contribution in [0.5, 0.6) is 11.5 Å². The van der Waals surface area contributed by atoms with Crippen molar-refractivity contribution in [3.63, 3.8) is 0 Å². The van der Waals surface area contributed by atoms with E-state index in [9.17, 15) is 4.79 Å². The van der Waals surface area contributed by atoms with E-state index in [2.05, 4.69) is 11.1 Å². The van der Waals surface area contributed by atoms with Crippen molar-refractivity contribution in [3.8, 4) is 22.6 Å². The average Bonchev–Trinajstić information content (AvgIpc) is 3.13. The second kappa shape index (κ2) is 7.27. The van der Waals surface area contributed by atoms with Gasteiger partial charge in [-0.05, 0) is 37.0 Å². The Kier molecular flexibility index (Phi) is 4.67. The first-order valence-corrected chi connectivity index (χ1v) is 9.12. The quantitative estimate of drug-likeness (QED) is 0.840. The standard InChI is InChI=1S/C22H22N2O3/c1-26-19-11-10-16(13-20(19)27-2)18-14-24(21-17(18)9-6-12-23-21)22(25)15-7-4-3-5-8-15/h4,7-11,13-14H,3,5-6,12H2,1-2H3. The van der Waals surface area contributed by atoms with Crippen molar-refractivity contribution >= 4 is 12.0 Å². The van der Waals surface area contributed by atoms with Crippen molar-refractivity contribution in [2.24, 2.45) is 4.99 Å². The van der Waals surface area contributed by atoms with Gasteiger partial charge >= 0.3 is 0 Å². The highest BCUT2D eigenvalue weighted by molar-refractivity contribution is 5.98. The molecule has 0 fully saturated rings. The minimum absolute atomic E-state index is 0.0343. The van der Waals surface area contributed by atoms with Gasteiger partial charge in [0.15, 0.2) is 11.5 Å². The summed E-state index contributed by atoms with van der Waals surface area (Å²) in [7, 11) is 3.24. The molecule has 2 aromatic rings. The maximum atomic E-state index is 13.1. The summed E-state index contributed by atoms with van der Waals surface area (Å²) >= 11 is 0. The molecule has 5 nitrogen and oxygen atoms in total. The van der Waals surface area contributed by atoms with Crippen molar-refractivity contribution in [1.29, 1.82) is 0 Å². The number of nitrogens with zero attached hydrogens (tertiary/aromatic N) is 2. The Morgan fingerprint density at radius 1 is 1.07 bits per heavy atom. The molecule has 1 aliphatic heterocycles. The zero-order valence-electron chi connectivity index (χ0n) is 15.6. The van der Waals surface area contributed by atoms with Gasteiger partial charge in [-0.3, -0.25) is 14.4 Å². The number of fused-ring (bicyclic) bond motifs is 1. The summed E-state index contributed by atoms with van der Waals surface area (Å²) in [6, 6.07) is 5.80. The minimum Gasteiger partial charge on any atom is -0.493 e. The molecule has 0 bridgehead atoms. The smallest absolute Gasteiger partial charge is 0.263 e. The molecule has 2 heterocycles. The lowest BCUT2D eigenvalue weighted by molar-refractivity contribution is 0.0954. The van der Waals surface area contributed by atoms with Crippen LogP contribution in [0.1, 0.15) is 24.1 Å². The first kappa shape index (κ1) is 17.3. The number of ether oxygens (including phenoxy) is 2. The lowest BCUT2D eigenvalue weighted by Crippen LogP contribution is -2.36. The fraction of sp³-hybridized carbons (Fsp3) is 0.273. The van der Waals surface area contributed by atoms with Gasteiger partial charge in [-0.2, -0.15) is 0 Å². The van der Waals surface area contributed by atoms with E-state index in [0.717, 1.165) is 46.7 Å². The van der Waals surface area contributed by atoms with E-state index in [-0.39, 0.29) is 5.91 Å². The van der Waals surface area contributed by atoms with E-state index >= 15 is 0 Å². The molecule has 0 radical (unpaired) electrons. The van der Waals surface area contributed by atoms with Crippen molar-refractivity contribution in [3.05, 3.63) is 58.9 Å². The van der Waals surface area contributed by atoms with Crippen LogP contribution in [0.3, 0.4) is 0 Å². The van der Waals surface area contributed by atoms with Crippen molar-refractivity contribution in [2.45, 2.75) is 19.3 Å². The number of carbonyl (C=O) groups is 1. The maximum absolute atomic E-state index is 13.1. The van der Waals surface area contributed by atoms with E-state index in [1.807, 2.05) is 42.6 Å². The monoisotopic (exact) mass is 362 g/mol. The van der Waals surface area contributed by atoms with Crippen molar-refractivity contribution in [2.75, 3.05) is 20.8 Å². The molecule has 5 heteroatoms. The van der Waals surface area contributed by atoms with Crippen LogP contribution in [0.25, 0.3) is 17.2 Å². The third-order valence-corrected chi connectivity index (χ3v) is 4.91. The lowest BCUT2D eigenvalue weighted by atomic mass is 10.1. The van der Waals surface area contributed by atoms with Crippen LogP contribution >= 0.6 is 0 Å². The second-order valence-corrected chi connectivity index (χ2v) is 6.54. The summed E-state index contributed by atoms with van der Waals surface area (Å²) in [6.07, 6.45) is 12.7. The highest BCUT2D eigenvalue weighted by Gasteiger charge is 2.18. The number of carbonyl (C=O) groups excluding carboxylic acids is 1. The molecule has 138 valence electrons. The van der Waals surface area contributed by atoms with E-state index in [4.69, 9.17) is 9.47 Å². The molecule has 0 N–H and O–H groups in total. The normalized spacial score (nSPS) is 15.3. The zero-order chi connectivity index (χ0) is 18.8.